The molecule has 19 heavy (non-hydrogen) atoms. The van der Waals surface area contributed by atoms with Crippen molar-refractivity contribution in [3.05, 3.63) is 0 Å². The van der Waals surface area contributed by atoms with Gasteiger partial charge in [0.25, 0.3) is 0 Å². The molecule has 0 saturated heterocycles. The third-order valence-corrected chi connectivity index (χ3v) is 4.55. The van der Waals surface area contributed by atoms with Gasteiger partial charge in [-0.25, -0.2) is 0 Å². The lowest BCUT2D eigenvalue weighted by Gasteiger charge is -2.37. The molecule has 2 N–H and O–H groups in total. The van der Waals surface area contributed by atoms with Gasteiger partial charge in [-0.05, 0) is 45.7 Å². The average molecular weight is 380 g/mol. The van der Waals surface area contributed by atoms with Crippen molar-refractivity contribution >= 4 is 29.9 Å². The second kappa shape index (κ2) is 7.67. The Labute approximate surface area is 134 Å². The minimum atomic E-state index is 0. The molecular weight excluding hydrogens is 351 g/mol. The lowest BCUT2D eigenvalue weighted by molar-refractivity contribution is 0.160. The molecular formula is C14H29IN4. The first kappa shape index (κ1) is 17.0. The van der Waals surface area contributed by atoms with Crippen LogP contribution in [0.2, 0.25) is 0 Å². The van der Waals surface area contributed by atoms with Crippen LogP contribution in [0, 0.1) is 5.92 Å². The molecule has 0 amide bonds. The second-order valence-corrected chi connectivity index (χ2v) is 6.08. The molecule has 0 spiro atoms. The molecule has 0 aromatic rings. The van der Waals surface area contributed by atoms with Gasteiger partial charge in [0.05, 0.1) is 0 Å². The molecule has 0 aliphatic heterocycles. The molecule has 0 aromatic carbocycles. The molecule has 5 heteroatoms. The number of hydrogen-bond acceptors (Lipinski definition) is 2. The Morgan fingerprint density at radius 3 is 2.32 bits per heavy atom. The number of nitrogens with one attached hydrogen (secondary N) is 2. The van der Waals surface area contributed by atoms with Gasteiger partial charge in [-0.15, -0.1) is 24.0 Å². The Morgan fingerprint density at radius 1 is 1.21 bits per heavy atom. The summed E-state index contributed by atoms with van der Waals surface area (Å²) < 4.78 is 0. The first-order valence-corrected chi connectivity index (χ1v) is 7.28. The lowest BCUT2D eigenvalue weighted by atomic mass is 9.96. The molecule has 0 aromatic heterocycles. The van der Waals surface area contributed by atoms with E-state index in [-0.39, 0.29) is 24.0 Å². The minimum absolute atomic E-state index is 0. The van der Waals surface area contributed by atoms with E-state index >= 15 is 0 Å². The van der Waals surface area contributed by atoms with Crippen molar-refractivity contribution in [2.24, 2.45) is 10.9 Å². The topological polar surface area (TPSA) is 39.7 Å². The van der Waals surface area contributed by atoms with E-state index in [1.807, 2.05) is 7.05 Å². The van der Waals surface area contributed by atoms with Crippen LogP contribution in [0.4, 0.5) is 0 Å². The van der Waals surface area contributed by atoms with E-state index in [0.717, 1.165) is 25.0 Å². The van der Waals surface area contributed by atoms with Crippen molar-refractivity contribution in [2.75, 3.05) is 34.2 Å². The fraction of sp³-hybridized carbons (Fsp3) is 0.929. The van der Waals surface area contributed by atoms with Crippen molar-refractivity contribution in [1.82, 2.24) is 15.5 Å². The smallest absolute Gasteiger partial charge is 0.191 e. The fourth-order valence-corrected chi connectivity index (χ4v) is 2.85. The Bertz CT molecular complexity index is 294. The highest BCUT2D eigenvalue weighted by molar-refractivity contribution is 14.0. The zero-order valence-corrected chi connectivity index (χ0v) is 14.9. The summed E-state index contributed by atoms with van der Waals surface area (Å²) in [6, 6.07) is 0. The summed E-state index contributed by atoms with van der Waals surface area (Å²) in [7, 11) is 6.26. The molecule has 2 saturated carbocycles. The maximum absolute atomic E-state index is 4.32. The van der Waals surface area contributed by atoms with Crippen LogP contribution in [0.25, 0.3) is 0 Å². The molecule has 0 bridgehead atoms. The summed E-state index contributed by atoms with van der Waals surface area (Å²) >= 11 is 0. The van der Waals surface area contributed by atoms with Crippen molar-refractivity contribution in [1.29, 1.82) is 0 Å². The second-order valence-electron chi connectivity index (χ2n) is 6.08. The van der Waals surface area contributed by atoms with Crippen LogP contribution >= 0.6 is 24.0 Å². The normalized spacial score (nSPS) is 22.2. The van der Waals surface area contributed by atoms with Crippen molar-refractivity contribution in [2.45, 2.75) is 44.1 Å². The molecule has 0 heterocycles. The Morgan fingerprint density at radius 2 is 1.84 bits per heavy atom. The summed E-state index contributed by atoms with van der Waals surface area (Å²) in [5.41, 5.74) is 0.331. The molecule has 0 radical (unpaired) electrons. The summed E-state index contributed by atoms with van der Waals surface area (Å²) in [4.78, 5) is 6.71. The number of aliphatic imine (C=N–C) groups is 1. The van der Waals surface area contributed by atoms with E-state index in [1.54, 1.807) is 0 Å². The lowest BCUT2D eigenvalue weighted by Crippen LogP contribution is -2.53. The van der Waals surface area contributed by atoms with Gasteiger partial charge in [0.1, 0.15) is 0 Å². The highest BCUT2D eigenvalue weighted by atomic mass is 127. The van der Waals surface area contributed by atoms with Crippen molar-refractivity contribution in [3.8, 4) is 0 Å². The van der Waals surface area contributed by atoms with Gasteiger partial charge in [0.2, 0.25) is 0 Å². The van der Waals surface area contributed by atoms with Gasteiger partial charge in [-0.3, -0.25) is 4.99 Å². The SMILES string of the molecule is CN=C(NCC1CC1)NCC1(N(C)C)CCCC1.I. The number of guanidine groups is 1. The quantitative estimate of drug-likeness (QED) is 0.436. The van der Waals surface area contributed by atoms with E-state index in [2.05, 4.69) is 34.6 Å². The fourth-order valence-electron chi connectivity index (χ4n) is 2.85. The van der Waals surface area contributed by atoms with Gasteiger partial charge in [0, 0.05) is 25.7 Å². The van der Waals surface area contributed by atoms with Gasteiger partial charge < -0.3 is 15.5 Å². The third kappa shape index (κ3) is 4.77. The molecule has 2 rings (SSSR count). The molecule has 4 nitrogen and oxygen atoms in total. The number of likely N-dealkylation sites (N-methyl/N-ethyl adjacent to an activating group) is 1. The summed E-state index contributed by atoms with van der Waals surface area (Å²) in [5, 5.41) is 6.95. The van der Waals surface area contributed by atoms with Crippen LogP contribution in [0.3, 0.4) is 0 Å². The van der Waals surface area contributed by atoms with E-state index in [0.29, 0.717) is 5.54 Å². The summed E-state index contributed by atoms with van der Waals surface area (Å²) in [6.07, 6.45) is 8.07. The Hall–Kier alpha value is -0.0400. The van der Waals surface area contributed by atoms with E-state index in [9.17, 15) is 0 Å². The Kier molecular flexibility index (Phi) is 6.86. The van der Waals surface area contributed by atoms with Gasteiger partial charge >= 0.3 is 0 Å². The van der Waals surface area contributed by atoms with Gasteiger partial charge in [-0.1, -0.05) is 12.8 Å². The van der Waals surface area contributed by atoms with Crippen molar-refractivity contribution in [3.63, 3.8) is 0 Å². The van der Waals surface area contributed by atoms with Crippen LogP contribution in [0.5, 0.6) is 0 Å². The van der Waals surface area contributed by atoms with Gasteiger partial charge in [-0.2, -0.15) is 0 Å². The maximum Gasteiger partial charge on any atom is 0.191 e. The minimum Gasteiger partial charge on any atom is -0.356 e. The highest BCUT2D eigenvalue weighted by Crippen LogP contribution is 2.33. The summed E-state index contributed by atoms with van der Waals surface area (Å²) in [6.45, 7) is 2.08. The number of nitrogens with zero attached hydrogens (tertiary/aromatic N) is 2. The third-order valence-electron chi connectivity index (χ3n) is 4.55. The highest BCUT2D eigenvalue weighted by Gasteiger charge is 2.35. The molecule has 112 valence electrons. The predicted molar refractivity (Wildman–Crippen MR) is 92.4 cm³/mol. The standard InChI is InChI=1S/C14H28N4.HI/c1-15-13(16-10-12-6-7-12)17-11-14(18(2)3)8-4-5-9-14;/h12H,4-11H2,1-3H3,(H2,15,16,17);1H. The Balaban J connectivity index is 0.00000180. The van der Waals surface area contributed by atoms with Crippen LogP contribution in [0.15, 0.2) is 4.99 Å². The molecule has 2 fully saturated rings. The predicted octanol–water partition coefficient (Wildman–Crippen LogP) is 2.05. The summed E-state index contributed by atoms with van der Waals surface area (Å²) in [5.74, 6) is 1.85. The van der Waals surface area contributed by atoms with E-state index in [1.165, 1.54) is 38.5 Å². The molecule has 0 unspecified atom stereocenters. The first-order valence-electron chi connectivity index (χ1n) is 7.28. The number of hydrogen-bond donors (Lipinski definition) is 2. The van der Waals surface area contributed by atoms with Gasteiger partial charge in [0.15, 0.2) is 5.96 Å². The zero-order chi connectivity index (χ0) is 13.0. The number of rotatable bonds is 5. The monoisotopic (exact) mass is 380 g/mol. The molecule has 2 aliphatic carbocycles. The van der Waals surface area contributed by atoms with E-state index in [4.69, 9.17) is 0 Å². The average Bonchev–Trinajstić information content (AvgIpc) is 3.05. The molecule has 0 atom stereocenters. The van der Waals surface area contributed by atoms with Crippen LogP contribution in [0.1, 0.15) is 38.5 Å². The van der Waals surface area contributed by atoms with Crippen LogP contribution in [-0.2, 0) is 0 Å². The largest absolute Gasteiger partial charge is 0.356 e. The number of halogens is 1. The maximum atomic E-state index is 4.32. The first-order chi connectivity index (χ1) is 8.66. The van der Waals surface area contributed by atoms with Crippen LogP contribution < -0.4 is 10.6 Å². The van der Waals surface area contributed by atoms with E-state index < -0.39 is 0 Å². The van der Waals surface area contributed by atoms with Crippen molar-refractivity contribution < 1.29 is 0 Å². The molecule has 2 aliphatic rings. The van der Waals surface area contributed by atoms with Crippen LogP contribution in [-0.4, -0.2) is 50.6 Å². The zero-order valence-electron chi connectivity index (χ0n) is 12.5.